The highest BCUT2D eigenvalue weighted by molar-refractivity contribution is 7.88. The Labute approximate surface area is 239 Å². The molecule has 1 aliphatic carbocycles. The predicted octanol–water partition coefficient (Wildman–Crippen LogP) is 3.14. The number of hydrogen-bond acceptors (Lipinski definition) is 12. The number of esters is 1. The summed E-state index contributed by atoms with van der Waals surface area (Å²) in [4.78, 5) is 12.9. The second kappa shape index (κ2) is 10.8. The third-order valence-electron chi connectivity index (χ3n) is 6.73. The highest BCUT2D eigenvalue weighted by atomic mass is 32.2. The third-order valence-corrected chi connectivity index (χ3v) is 8.66. The maximum absolute atomic E-state index is 13.2. The molecule has 2 aromatic carbocycles. The summed E-state index contributed by atoms with van der Waals surface area (Å²) < 4.78 is 155. The number of methoxy groups -OCH3 is 3. The van der Waals surface area contributed by atoms with E-state index in [0.29, 0.717) is 12.1 Å². The molecule has 1 saturated heterocycles. The summed E-state index contributed by atoms with van der Waals surface area (Å²) >= 11 is 0. The molecule has 0 spiro atoms. The minimum absolute atomic E-state index is 0.0276. The van der Waals surface area contributed by atoms with Crippen molar-refractivity contribution in [1.82, 2.24) is 0 Å². The Hall–Kier alpha value is -3.65. The molecule has 1 fully saturated rings. The average Bonchev–Trinajstić information content (AvgIpc) is 3.28. The number of hydrogen-bond donors (Lipinski definition) is 1. The van der Waals surface area contributed by atoms with Gasteiger partial charge in [-0.25, -0.2) is 0 Å². The summed E-state index contributed by atoms with van der Waals surface area (Å²) in [7, 11) is -9.44. The van der Waals surface area contributed by atoms with Gasteiger partial charge in [0.2, 0.25) is 5.75 Å². The molecular formula is C23H20F6O12S2. The molecule has 238 valence electrons. The van der Waals surface area contributed by atoms with Crippen LogP contribution in [0.15, 0.2) is 24.3 Å². The molecule has 0 unspecified atom stereocenters. The Kier molecular flexibility index (Phi) is 8.11. The molecule has 43 heavy (non-hydrogen) atoms. The fourth-order valence-electron chi connectivity index (χ4n) is 4.89. The van der Waals surface area contributed by atoms with E-state index in [4.69, 9.17) is 18.9 Å². The summed E-state index contributed by atoms with van der Waals surface area (Å²) in [5.74, 6) is -7.76. The lowest BCUT2D eigenvalue weighted by atomic mass is 9.66. The summed E-state index contributed by atoms with van der Waals surface area (Å²) in [6, 6.07) is 3.45. The van der Waals surface area contributed by atoms with Crippen molar-refractivity contribution in [3.63, 3.8) is 0 Å². The van der Waals surface area contributed by atoms with Gasteiger partial charge in [0.05, 0.1) is 40.0 Å². The molecule has 1 heterocycles. The molecule has 1 aliphatic heterocycles. The number of ether oxygens (including phenoxy) is 4. The van der Waals surface area contributed by atoms with Crippen LogP contribution < -0.4 is 22.6 Å². The fraction of sp³-hybridized carbons (Fsp3) is 0.435. The predicted molar refractivity (Wildman–Crippen MR) is 128 cm³/mol. The van der Waals surface area contributed by atoms with E-state index in [9.17, 15) is 53.1 Å². The summed E-state index contributed by atoms with van der Waals surface area (Å²) in [5, 5.41) is 11.1. The van der Waals surface area contributed by atoms with Gasteiger partial charge in [0.15, 0.2) is 23.0 Å². The quantitative estimate of drug-likeness (QED) is 0.190. The van der Waals surface area contributed by atoms with Gasteiger partial charge in [0.25, 0.3) is 0 Å². The van der Waals surface area contributed by atoms with E-state index in [1.807, 2.05) is 0 Å². The Balaban J connectivity index is 2.05. The van der Waals surface area contributed by atoms with Gasteiger partial charge in [-0.1, -0.05) is 0 Å². The van der Waals surface area contributed by atoms with Crippen molar-refractivity contribution < 1.29 is 80.4 Å². The van der Waals surface area contributed by atoms with Crippen LogP contribution in [0.1, 0.15) is 28.7 Å². The number of alkyl halides is 6. The fourth-order valence-corrected chi connectivity index (χ4v) is 5.82. The van der Waals surface area contributed by atoms with Gasteiger partial charge < -0.3 is 32.4 Å². The van der Waals surface area contributed by atoms with Gasteiger partial charge in [-0.05, 0) is 41.0 Å². The van der Waals surface area contributed by atoms with Crippen LogP contribution >= 0.6 is 0 Å². The first kappa shape index (κ1) is 32.3. The van der Waals surface area contributed by atoms with Crippen LogP contribution in [0.25, 0.3) is 0 Å². The Morgan fingerprint density at radius 1 is 0.767 bits per heavy atom. The molecule has 4 atom stereocenters. The number of aliphatic hydroxyl groups is 1. The third kappa shape index (κ3) is 5.57. The Morgan fingerprint density at radius 3 is 1.65 bits per heavy atom. The smallest absolute Gasteiger partial charge is 0.493 e. The normalized spacial score (nSPS) is 22.2. The summed E-state index contributed by atoms with van der Waals surface area (Å²) in [6.45, 7) is -0.414. The molecule has 2 aliphatic rings. The van der Waals surface area contributed by atoms with Crippen molar-refractivity contribution in [2.24, 2.45) is 11.8 Å². The van der Waals surface area contributed by atoms with Crippen LogP contribution in [0.4, 0.5) is 26.3 Å². The van der Waals surface area contributed by atoms with E-state index in [0.717, 1.165) is 0 Å². The lowest BCUT2D eigenvalue weighted by Gasteiger charge is -2.37. The van der Waals surface area contributed by atoms with Crippen LogP contribution in [0.3, 0.4) is 0 Å². The SMILES string of the molecule is COc1cc([C@@H]2c3cc(OS(=O)(=O)C(F)(F)F)c(OS(=O)(=O)C(F)(F)F)cc3[C@H](O)[C@H]3COC(=O)[C@H]23)cc(OC)c1OC. The molecule has 4 rings (SSSR count). The molecular weight excluding hydrogens is 646 g/mol. The summed E-state index contributed by atoms with van der Waals surface area (Å²) in [6.07, 6.45) is -1.78. The number of rotatable bonds is 8. The number of carbonyl (C=O) groups is 1. The summed E-state index contributed by atoms with van der Waals surface area (Å²) in [5.41, 5.74) is -12.9. The van der Waals surface area contributed by atoms with E-state index in [1.165, 1.54) is 33.5 Å². The van der Waals surface area contributed by atoms with Crippen molar-refractivity contribution >= 4 is 26.2 Å². The molecule has 1 N–H and O–H groups in total. The van der Waals surface area contributed by atoms with Gasteiger partial charge >= 0.3 is 37.2 Å². The maximum Gasteiger partial charge on any atom is 0.534 e. The highest BCUT2D eigenvalue weighted by Gasteiger charge is 2.54. The van der Waals surface area contributed by atoms with Gasteiger partial charge in [-0.2, -0.15) is 43.2 Å². The minimum Gasteiger partial charge on any atom is -0.493 e. The average molecular weight is 667 g/mol. The highest BCUT2D eigenvalue weighted by Crippen LogP contribution is 2.55. The molecule has 0 radical (unpaired) electrons. The van der Waals surface area contributed by atoms with E-state index >= 15 is 0 Å². The first-order chi connectivity index (χ1) is 19.8. The van der Waals surface area contributed by atoms with Crippen LogP contribution in [0, 0.1) is 11.8 Å². The monoisotopic (exact) mass is 666 g/mol. The number of carbonyl (C=O) groups excluding carboxylic acids is 1. The molecule has 0 aromatic heterocycles. The van der Waals surface area contributed by atoms with E-state index in [2.05, 4.69) is 8.37 Å². The van der Waals surface area contributed by atoms with Crippen molar-refractivity contribution in [2.45, 2.75) is 23.0 Å². The van der Waals surface area contributed by atoms with Gasteiger partial charge in [-0.15, -0.1) is 0 Å². The van der Waals surface area contributed by atoms with Gasteiger partial charge in [-0.3, -0.25) is 4.79 Å². The van der Waals surface area contributed by atoms with E-state index < -0.39 is 84.7 Å². The van der Waals surface area contributed by atoms with Crippen LogP contribution in [-0.2, 0) is 29.8 Å². The lowest BCUT2D eigenvalue weighted by molar-refractivity contribution is -0.141. The molecule has 0 amide bonds. The maximum atomic E-state index is 13.2. The largest absolute Gasteiger partial charge is 0.534 e. The number of fused-ring (bicyclic) bond motifs is 2. The van der Waals surface area contributed by atoms with E-state index in [-0.39, 0.29) is 28.4 Å². The van der Waals surface area contributed by atoms with Crippen LogP contribution in [0.5, 0.6) is 28.7 Å². The number of aliphatic hydroxyl groups excluding tert-OH is 1. The second-order valence-electron chi connectivity index (χ2n) is 9.10. The minimum atomic E-state index is -6.61. The molecule has 12 nitrogen and oxygen atoms in total. The van der Waals surface area contributed by atoms with Crippen LogP contribution in [-0.4, -0.2) is 66.9 Å². The van der Waals surface area contributed by atoms with Crippen molar-refractivity contribution in [2.75, 3.05) is 27.9 Å². The van der Waals surface area contributed by atoms with Crippen molar-refractivity contribution in [3.8, 4) is 28.7 Å². The topological polar surface area (TPSA) is 161 Å². The van der Waals surface area contributed by atoms with Crippen molar-refractivity contribution in [3.05, 3.63) is 41.0 Å². The second-order valence-corrected chi connectivity index (χ2v) is 12.2. The van der Waals surface area contributed by atoms with Gasteiger partial charge in [0.1, 0.15) is 0 Å². The standard InChI is InChI=1S/C23H20F6O12S2/c1-36-15-4-9(5-16(37-2)20(15)38-3)17-10-6-13(40-42(32,33)22(24,25)26)14(41-43(34,35)23(27,28)29)7-11(10)19(30)12-8-39-21(31)18(12)17/h4-7,12,17-19,30H,8H2,1-3H3/t12-,17+,18-,19-/m0/s1. The zero-order valence-electron chi connectivity index (χ0n) is 21.8. The van der Waals surface area contributed by atoms with Crippen molar-refractivity contribution in [1.29, 1.82) is 0 Å². The Bertz CT molecular complexity index is 1630. The molecule has 0 bridgehead atoms. The lowest BCUT2D eigenvalue weighted by Crippen LogP contribution is -2.35. The molecule has 20 heteroatoms. The molecule has 2 aromatic rings. The number of halogens is 6. The first-order valence-corrected chi connectivity index (χ1v) is 14.4. The Morgan fingerprint density at radius 2 is 1.23 bits per heavy atom. The van der Waals surface area contributed by atoms with Gasteiger partial charge in [0, 0.05) is 11.8 Å². The zero-order chi connectivity index (χ0) is 32.3. The zero-order valence-corrected chi connectivity index (χ0v) is 23.5. The van der Waals surface area contributed by atoms with E-state index in [1.54, 1.807) is 0 Å². The van der Waals surface area contributed by atoms with Crippen LogP contribution in [0.2, 0.25) is 0 Å². The number of cyclic esters (lactones) is 1. The first-order valence-electron chi connectivity index (χ1n) is 11.6. The molecule has 0 saturated carbocycles. The number of benzene rings is 2.